The van der Waals surface area contributed by atoms with Gasteiger partial charge in [-0.05, 0) is 38.5 Å². The predicted molar refractivity (Wildman–Crippen MR) is 105 cm³/mol. The highest BCUT2D eigenvalue weighted by Crippen LogP contribution is 2.32. The number of rotatable bonds is 10. The Balaban J connectivity index is 2.31. The van der Waals surface area contributed by atoms with E-state index in [9.17, 15) is 9.18 Å². The minimum absolute atomic E-state index is 0.0661. The molecule has 28 heavy (non-hydrogen) atoms. The monoisotopic (exact) mass is 388 g/mol. The summed E-state index contributed by atoms with van der Waals surface area (Å²) in [4.78, 5) is 12.0. The Hall–Kier alpha value is -3.02. The summed E-state index contributed by atoms with van der Waals surface area (Å²) in [6, 6.07) is 12.3. The van der Waals surface area contributed by atoms with Crippen molar-refractivity contribution in [1.29, 1.82) is 0 Å². The van der Waals surface area contributed by atoms with E-state index in [1.807, 2.05) is 37.3 Å². The number of hydrogen-bond acceptors (Lipinski definition) is 5. The highest BCUT2D eigenvalue weighted by molar-refractivity contribution is 5.91. The molecule has 0 amide bonds. The van der Waals surface area contributed by atoms with Crippen LogP contribution in [0, 0.1) is 5.82 Å². The van der Waals surface area contributed by atoms with Crippen molar-refractivity contribution in [3.05, 3.63) is 65.2 Å². The van der Waals surface area contributed by atoms with Gasteiger partial charge in [0.05, 0.1) is 19.8 Å². The van der Waals surface area contributed by atoms with Gasteiger partial charge in [-0.15, -0.1) is 0 Å². The quantitative estimate of drug-likeness (QED) is 0.334. The van der Waals surface area contributed by atoms with Gasteiger partial charge in [0.15, 0.2) is 11.5 Å². The van der Waals surface area contributed by atoms with Gasteiger partial charge in [0.1, 0.15) is 12.4 Å². The molecule has 0 fully saturated rings. The molecule has 2 aromatic rings. The Morgan fingerprint density at radius 3 is 2.25 bits per heavy atom. The van der Waals surface area contributed by atoms with E-state index < -0.39 is 11.8 Å². The maximum Gasteiger partial charge on any atom is 0.373 e. The number of carbonyl (C=O) groups is 1. The summed E-state index contributed by atoms with van der Waals surface area (Å²) in [5.41, 5.74) is 1.10. The van der Waals surface area contributed by atoms with Crippen LogP contribution in [0.5, 0.6) is 11.5 Å². The van der Waals surface area contributed by atoms with Crippen LogP contribution in [0.15, 0.2) is 48.2 Å². The van der Waals surface area contributed by atoms with E-state index in [2.05, 4.69) is 0 Å². The summed E-state index contributed by atoms with van der Waals surface area (Å²) < 4.78 is 36.2. The van der Waals surface area contributed by atoms with E-state index in [1.165, 1.54) is 18.2 Å². The van der Waals surface area contributed by atoms with Crippen LogP contribution in [0.2, 0.25) is 0 Å². The third kappa shape index (κ3) is 6.01. The number of carbonyl (C=O) groups excluding carboxylic acids is 1. The van der Waals surface area contributed by atoms with E-state index in [0.717, 1.165) is 5.56 Å². The largest absolute Gasteiger partial charge is 0.490 e. The topological polar surface area (TPSA) is 54.0 Å². The zero-order valence-corrected chi connectivity index (χ0v) is 16.4. The van der Waals surface area contributed by atoms with Gasteiger partial charge in [0, 0.05) is 11.6 Å². The maximum atomic E-state index is 14.7. The third-order valence-corrected chi connectivity index (χ3v) is 3.66. The van der Waals surface area contributed by atoms with Crippen molar-refractivity contribution >= 4 is 12.0 Å². The lowest BCUT2D eigenvalue weighted by atomic mass is 10.1. The molecule has 2 rings (SSSR count). The van der Waals surface area contributed by atoms with E-state index in [0.29, 0.717) is 12.4 Å². The molecule has 0 atom stereocenters. The number of halogens is 1. The van der Waals surface area contributed by atoms with E-state index in [4.69, 9.17) is 18.9 Å². The Morgan fingerprint density at radius 1 is 0.929 bits per heavy atom. The highest BCUT2D eigenvalue weighted by Gasteiger charge is 2.16. The van der Waals surface area contributed by atoms with Crippen molar-refractivity contribution in [1.82, 2.24) is 0 Å². The SMILES string of the molecule is CCOC(=O)C(=Cc1cc(OCC)c(OCc2ccccc2)cc1F)OCC. The molecule has 0 spiro atoms. The number of benzene rings is 2. The highest BCUT2D eigenvalue weighted by atomic mass is 19.1. The van der Waals surface area contributed by atoms with Gasteiger partial charge in [-0.3, -0.25) is 0 Å². The second-order valence-electron chi connectivity index (χ2n) is 5.69. The molecule has 2 aromatic carbocycles. The van der Waals surface area contributed by atoms with Crippen LogP contribution in [-0.2, 0) is 20.9 Å². The molecule has 0 heterocycles. The summed E-state index contributed by atoms with van der Waals surface area (Å²) in [6.45, 7) is 6.36. The molecule has 0 aliphatic heterocycles. The van der Waals surface area contributed by atoms with Crippen LogP contribution in [-0.4, -0.2) is 25.8 Å². The molecule has 0 unspecified atom stereocenters. The first-order valence-electron chi connectivity index (χ1n) is 9.23. The molecular weight excluding hydrogens is 363 g/mol. The van der Waals surface area contributed by atoms with Crippen molar-refractivity contribution < 1.29 is 28.1 Å². The van der Waals surface area contributed by atoms with Crippen LogP contribution >= 0.6 is 0 Å². The van der Waals surface area contributed by atoms with Gasteiger partial charge < -0.3 is 18.9 Å². The summed E-state index contributed by atoms with van der Waals surface area (Å²) in [7, 11) is 0. The van der Waals surface area contributed by atoms with Gasteiger partial charge in [0.25, 0.3) is 0 Å². The number of esters is 1. The van der Waals surface area contributed by atoms with Crippen molar-refractivity contribution in [3.63, 3.8) is 0 Å². The molecule has 0 bridgehead atoms. The van der Waals surface area contributed by atoms with Gasteiger partial charge >= 0.3 is 5.97 Å². The van der Waals surface area contributed by atoms with Gasteiger partial charge in [-0.1, -0.05) is 30.3 Å². The van der Waals surface area contributed by atoms with Gasteiger partial charge in [-0.25, -0.2) is 9.18 Å². The molecule has 6 heteroatoms. The fourth-order valence-corrected chi connectivity index (χ4v) is 2.44. The number of ether oxygens (including phenoxy) is 4. The lowest BCUT2D eigenvalue weighted by molar-refractivity contribution is -0.142. The first-order valence-corrected chi connectivity index (χ1v) is 9.23. The van der Waals surface area contributed by atoms with Crippen LogP contribution < -0.4 is 9.47 Å². The van der Waals surface area contributed by atoms with E-state index in [1.54, 1.807) is 13.8 Å². The molecule has 5 nitrogen and oxygen atoms in total. The molecule has 150 valence electrons. The fourth-order valence-electron chi connectivity index (χ4n) is 2.44. The minimum atomic E-state index is -0.647. The van der Waals surface area contributed by atoms with E-state index >= 15 is 0 Å². The summed E-state index contributed by atoms with van der Waals surface area (Å²) in [5.74, 6) is -0.608. The van der Waals surface area contributed by atoms with Gasteiger partial charge in [0.2, 0.25) is 5.76 Å². The molecular formula is C22H25FO5. The molecule has 0 saturated heterocycles. The lowest BCUT2D eigenvalue weighted by Gasteiger charge is -2.14. The third-order valence-electron chi connectivity index (χ3n) is 3.66. The second kappa shape index (κ2) is 11.0. The van der Waals surface area contributed by atoms with Crippen LogP contribution in [0.4, 0.5) is 4.39 Å². The van der Waals surface area contributed by atoms with Gasteiger partial charge in [-0.2, -0.15) is 0 Å². The zero-order chi connectivity index (χ0) is 20.4. The molecule has 0 saturated carbocycles. The van der Waals surface area contributed by atoms with Crippen LogP contribution in [0.3, 0.4) is 0 Å². The zero-order valence-electron chi connectivity index (χ0n) is 16.4. The van der Waals surface area contributed by atoms with Crippen molar-refractivity contribution in [2.45, 2.75) is 27.4 Å². The molecule has 0 aliphatic carbocycles. The van der Waals surface area contributed by atoms with E-state index in [-0.39, 0.29) is 36.9 Å². The Bertz CT molecular complexity index is 802. The molecule has 0 radical (unpaired) electrons. The summed E-state index contributed by atoms with van der Waals surface area (Å²) in [5, 5.41) is 0. The summed E-state index contributed by atoms with van der Waals surface area (Å²) in [6.07, 6.45) is 1.31. The Labute approximate surface area is 164 Å². The van der Waals surface area contributed by atoms with Crippen molar-refractivity contribution in [2.75, 3.05) is 19.8 Å². The van der Waals surface area contributed by atoms with Crippen molar-refractivity contribution in [3.8, 4) is 11.5 Å². The molecule has 0 N–H and O–H groups in total. The summed E-state index contributed by atoms with van der Waals surface area (Å²) >= 11 is 0. The number of hydrogen-bond donors (Lipinski definition) is 0. The first kappa shape index (κ1) is 21.3. The van der Waals surface area contributed by atoms with Crippen LogP contribution in [0.25, 0.3) is 6.08 Å². The standard InChI is InChI=1S/C22H25FO5/c1-4-25-19-12-17(13-21(26-5-2)22(24)27-6-3)18(23)14-20(19)28-15-16-10-8-7-9-11-16/h7-14H,4-6,15H2,1-3H3. The van der Waals surface area contributed by atoms with Crippen molar-refractivity contribution in [2.24, 2.45) is 0 Å². The predicted octanol–water partition coefficient (Wildman–Crippen LogP) is 4.74. The second-order valence-corrected chi connectivity index (χ2v) is 5.69. The average molecular weight is 388 g/mol. The fraction of sp³-hybridized carbons (Fsp3) is 0.318. The molecule has 0 aliphatic rings. The Kier molecular flexibility index (Phi) is 8.34. The molecule has 0 aromatic heterocycles. The van der Waals surface area contributed by atoms with Crippen LogP contribution in [0.1, 0.15) is 31.9 Å². The smallest absolute Gasteiger partial charge is 0.373 e. The Morgan fingerprint density at radius 2 is 1.61 bits per heavy atom. The first-order chi connectivity index (χ1) is 13.6. The maximum absolute atomic E-state index is 14.7. The lowest BCUT2D eigenvalue weighted by Crippen LogP contribution is -2.10. The normalized spacial score (nSPS) is 11.1. The average Bonchev–Trinajstić information content (AvgIpc) is 2.69. The minimum Gasteiger partial charge on any atom is -0.490 e.